The number of pyridine rings is 1. The molecule has 1 saturated heterocycles. The third-order valence-electron chi connectivity index (χ3n) is 7.85. The predicted octanol–water partition coefficient (Wildman–Crippen LogP) is 3.59. The van der Waals surface area contributed by atoms with E-state index in [2.05, 4.69) is 37.6 Å². The molecule has 0 spiro atoms. The van der Waals surface area contributed by atoms with Gasteiger partial charge in [-0.15, -0.1) is 0 Å². The van der Waals surface area contributed by atoms with Gasteiger partial charge in [-0.05, 0) is 75.3 Å². The number of aryl methyl sites for hydroxylation is 2. The summed E-state index contributed by atoms with van der Waals surface area (Å²) in [5, 5.41) is 17.3. The largest absolute Gasteiger partial charge is 0.480 e. The Balaban J connectivity index is 1.17. The highest BCUT2D eigenvalue weighted by atomic mass is 16.4. The van der Waals surface area contributed by atoms with E-state index < -0.39 is 12.0 Å². The highest BCUT2D eigenvalue weighted by Gasteiger charge is 2.23. The molecule has 10 nitrogen and oxygen atoms in total. The number of carboxylic acids is 1. The number of hydrogen-bond donors (Lipinski definition) is 3. The van der Waals surface area contributed by atoms with Gasteiger partial charge in [-0.1, -0.05) is 18.2 Å². The van der Waals surface area contributed by atoms with Gasteiger partial charge < -0.3 is 25.5 Å². The third kappa shape index (κ3) is 7.24. The minimum absolute atomic E-state index is 0.216. The lowest BCUT2D eigenvalue weighted by molar-refractivity contribution is -0.138. The Morgan fingerprint density at radius 2 is 1.98 bits per heavy atom. The first kappa shape index (κ1) is 27.8. The van der Waals surface area contributed by atoms with Crippen LogP contribution in [0, 0.1) is 0 Å². The van der Waals surface area contributed by atoms with Crippen molar-refractivity contribution >= 4 is 34.4 Å². The number of nitrogens with zero attached hydrogens (tertiary/aromatic N) is 5. The molecule has 40 heavy (non-hydrogen) atoms. The minimum Gasteiger partial charge on any atom is -0.480 e. The average molecular weight is 546 g/mol. The van der Waals surface area contributed by atoms with Crippen LogP contribution in [-0.4, -0.2) is 87.0 Å². The van der Waals surface area contributed by atoms with E-state index in [1.165, 1.54) is 11.9 Å². The van der Waals surface area contributed by atoms with Crippen LogP contribution in [0.15, 0.2) is 42.7 Å². The van der Waals surface area contributed by atoms with Gasteiger partial charge in [0.25, 0.3) is 0 Å². The molecule has 1 aromatic carbocycles. The second kappa shape index (κ2) is 13.5. The second-order valence-electron chi connectivity index (χ2n) is 10.7. The van der Waals surface area contributed by atoms with Crippen LogP contribution in [0.4, 0.5) is 11.6 Å². The van der Waals surface area contributed by atoms with E-state index in [0.29, 0.717) is 31.7 Å². The van der Waals surface area contributed by atoms with Crippen LogP contribution in [0.1, 0.15) is 49.8 Å². The van der Waals surface area contributed by atoms with E-state index in [0.717, 1.165) is 87.1 Å². The summed E-state index contributed by atoms with van der Waals surface area (Å²) in [6.07, 6.45) is 8.54. The molecular weight excluding hydrogens is 506 g/mol. The molecule has 5 rings (SSSR count). The first-order valence-corrected chi connectivity index (χ1v) is 14.5. The Kier molecular flexibility index (Phi) is 9.38. The maximum Gasteiger partial charge on any atom is 0.326 e. The first-order chi connectivity index (χ1) is 19.6. The van der Waals surface area contributed by atoms with Crippen LogP contribution < -0.4 is 10.6 Å². The maximum absolute atomic E-state index is 12.2. The number of anilines is 2. The Hall–Kier alpha value is -3.79. The Morgan fingerprint density at radius 1 is 1.07 bits per heavy atom. The standard InChI is InChI=1S/C30H39N7O3/c38-27-11-6-17-37(27)20-19-36(16-4-3-8-23-13-12-22-7-5-15-31-28(22)34-23)18-14-26(30(39)40)35-29-24-9-1-2-10-25(24)32-21-33-29/h1-2,9-10,12-13,21,26H,3-8,11,14-20H2,(H,31,34)(H,39,40)(H,32,33,35)/t26-/m0/s1. The number of fused-ring (bicyclic) bond motifs is 2. The van der Waals surface area contributed by atoms with E-state index in [1.807, 2.05) is 29.2 Å². The highest BCUT2D eigenvalue weighted by molar-refractivity contribution is 5.90. The number of para-hydroxylation sites is 1. The molecule has 0 aliphatic carbocycles. The quantitative estimate of drug-likeness (QED) is 0.261. The number of rotatable bonds is 14. The van der Waals surface area contributed by atoms with Crippen LogP contribution in [-0.2, 0) is 22.4 Å². The number of benzene rings is 1. The fraction of sp³-hybridized carbons (Fsp3) is 0.500. The summed E-state index contributed by atoms with van der Waals surface area (Å²) >= 11 is 0. The Morgan fingerprint density at radius 3 is 2.83 bits per heavy atom. The second-order valence-corrected chi connectivity index (χ2v) is 10.7. The van der Waals surface area contributed by atoms with Crippen molar-refractivity contribution < 1.29 is 14.7 Å². The van der Waals surface area contributed by atoms with E-state index >= 15 is 0 Å². The van der Waals surface area contributed by atoms with Gasteiger partial charge in [-0.3, -0.25) is 4.79 Å². The number of hydrogen-bond acceptors (Lipinski definition) is 8. The molecule has 1 amide bonds. The van der Waals surface area contributed by atoms with Gasteiger partial charge in [0, 0.05) is 50.2 Å². The maximum atomic E-state index is 12.2. The number of nitrogens with one attached hydrogen (secondary N) is 2. The van der Waals surface area contributed by atoms with Crippen molar-refractivity contribution in [1.82, 2.24) is 24.8 Å². The lowest BCUT2D eigenvalue weighted by Gasteiger charge is -2.27. The first-order valence-electron chi connectivity index (χ1n) is 14.5. The summed E-state index contributed by atoms with van der Waals surface area (Å²) in [7, 11) is 0. The number of aromatic nitrogens is 3. The zero-order valence-electron chi connectivity index (χ0n) is 23.0. The predicted molar refractivity (Wildman–Crippen MR) is 155 cm³/mol. The number of carbonyl (C=O) groups is 2. The molecule has 3 N–H and O–H groups in total. The van der Waals surface area contributed by atoms with E-state index in [1.54, 1.807) is 0 Å². The number of unbranched alkanes of at least 4 members (excludes halogenated alkanes) is 1. The molecule has 0 saturated carbocycles. The van der Waals surface area contributed by atoms with Crippen molar-refractivity contribution in [2.24, 2.45) is 0 Å². The fourth-order valence-corrected chi connectivity index (χ4v) is 5.54. The average Bonchev–Trinajstić information content (AvgIpc) is 3.39. The van der Waals surface area contributed by atoms with Crippen molar-refractivity contribution in [3.8, 4) is 0 Å². The Labute approximate surface area is 235 Å². The summed E-state index contributed by atoms with van der Waals surface area (Å²) in [6.45, 7) is 4.65. The molecule has 2 aromatic heterocycles. The topological polar surface area (TPSA) is 124 Å². The summed E-state index contributed by atoms with van der Waals surface area (Å²) in [5.74, 6) is 0.862. The van der Waals surface area contributed by atoms with Gasteiger partial charge in [0.05, 0.1) is 5.52 Å². The molecule has 3 aromatic rings. The van der Waals surface area contributed by atoms with E-state index in [9.17, 15) is 14.7 Å². The van der Waals surface area contributed by atoms with Crippen LogP contribution in [0.3, 0.4) is 0 Å². The van der Waals surface area contributed by atoms with Gasteiger partial charge in [-0.25, -0.2) is 19.7 Å². The zero-order chi connectivity index (χ0) is 27.7. The van der Waals surface area contributed by atoms with Crippen LogP contribution in [0.2, 0.25) is 0 Å². The number of likely N-dealkylation sites (tertiary alicyclic amines) is 1. The monoisotopic (exact) mass is 545 g/mol. The number of aliphatic carboxylic acids is 1. The summed E-state index contributed by atoms with van der Waals surface area (Å²) in [5.41, 5.74) is 3.18. The highest BCUT2D eigenvalue weighted by Crippen LogP contribution is 2.21. The molecule has 2 aliphatic rings. The van der Waals surface area contributed by atoms with Crippen molar-refractivity contribution in [3.63, 3.8) is 0 Å². The van der Waals surface area contributed by atoms with Crippen molar-refractivity contribution in [2.75, 3.05) is 49.9 Å². The molecule has 0 radical (unpaired) electrons. The van der Waals surface area contributed by atoms with Gasteiger partial charge in [0.2, 0.25) is 5.91 Å². The zero-order valence-corrected chi connectivity index (χ0v) is 23.0. The third-order valence-corrected chi connectivity index (χ3v) is 7.85. The molecule has 10 heteroatoms. The SMILES string of the molecule is O=C(O)[C@H](CCN(CCCCc1ccc2c(n1)NCCC2)CCN1CCCC1=O)Nc1ncnc2ccccc12. The smallest absolute Gasteiger partial charge is 0.326 e. The number of amides is 1. The van der Waals surface area contributed by atoms with E-state index in [4.69, 9.17) is 4.98 Å². The molecular formula is C30H39N7O3. The molecule has 0 bridgehead atoms. The van der Waals surface area contributed by atoms with E-state index in [-0.39, 0.29) is 5.91 Å². The van der Waals surface area contributed by atoms with Gasteiger partial charge in [-0.2, -0.15) is 0 Å². The summed E-state index contributed by atoms with van der Waals surface area (Å²) < 4.78 is 0. The van der Waals surface area contributed by atoms with Crippen molar-refractivity contribution in [2.45, 2.75) is 57.4 Å². The van der Waals surface area contributed by atoms with Crippen molar-refractivity contribution in [1.29, 1.82) is 0 Å². The lowest BCUT2D eigenvalue weighted by atomic mass is 10.1. The van der Waals surface area contributed by atoms with Crippen molar-refractivity contribution in [3.05, 3.63) is 54.0 Å². The van der Waals surface area contributed by atoms with Crippen LogP contribution in [0.5, 0.6) is 0 Å². The fourth-order valence-electron chi connectivity index (χ4n) is 5.54. The van der Waals surface area contributed by atoms with Gasteiger partial charge in [0.15, 0.2) is 0 Å². The van der Waals surface area contributed by atoms with Gasteiger partial charge >= 0.3 is 5.97 Å². The summed E-state index contributed by atoms with van der Waals surface area (Å²) in [6, 6.07) is 11.1. The lowest BCUT2D eigenvalue weighted by Crippen LogP contribution is -2.39. The Bertz CT molecular complexity index is 1310. The molecule has 212 valence electrons. The normalized spacial score (nSPS) is 15.7. The van der Waals surface area contributed by atoms with Gasteiger partial charge in [0.1, 0.15) is 24.0 Å². The molecule has 4 heterocycles. The molecule has 2 aliphatic heterocycles. The number of carbonyl (C=O) groups excluding carboxylic acids is 1. The molecule has 0 unspecified atom stereocenters. The number of carboxylic acid groups (broad SMARTS) is 1. The molecule has 1 atom stereocenters. The van der Waals surface area contributed by atoms with Crippen LogP contribution in [0.25, 0.3) is 10.9 Å². The summed E-state index contributed by atoms with van der Waals surface area (Å²) in [4.78, 5) is 42.0. The minimum atomic E-state index is -0.913. The molecule has 1 fully saturated rings. The van der Waals surface area contributed by atoms with Crippen LogP contribution >= 0.6 is 0 Å².